The summed E-state index contributed by atoms with van der Waals surface area (Å²) in [5.74, 6) is -1.39. The van der Waals surface area contributed by atoms with Gasteiger partial charge in [-0.1, -0.05) is 0 Å². The SMILES string of the molecule is COCCCN1C(=O)c2ccc(C(=O)OCC(=O)N[C@@H](C)C3CC3)cc2C1=O. The fourth-order valence-corrected chi connectivity index (χ4v) is 3.21. The van der Waals surface area contributed by atoms with Crippen molar-refractivity contribution in [1.82, 2.24) is 10.2 Å². The zero-order chi connectivity index (χ0) is 20.3. The van der Waals surface area contributed by atoms with Gasteiger partial charge in [-0.05, 0) is 50.3 Å². The van der Waals surface area contributed by atoms with Crippen molar-refractivity contribution in [2.24, 2.45) is 5.92 Å². The van der Waals surface area contributed by atoms with E-state index >= 15 is 0 Å². The van der Waals surface area contributed by atoms with E-state index in [9.17, 15) is 19.2 Å². The zero-order valence-electron chi connectivity index (χ0n) is 16.0. The molecule has 0 radical (unpaired) electrons. The van der Waals surface area contributed by atoms with Gasteiger partial charge in [0, 0.05) is 26.3 Å². The minimum atomic E-state index is -0.713. The van der Waals surface area contributed by atoms with Crippen LogP contribution < -0.4 is 5.32 Å². The van der Waals surface area contributed by atoms with Crippen LogP contribution in [0.4, 0.5) is 0 Å². The number of ether oxygens (including phenoxy) is 2. The first-order chi connectivity index (χ1) is 13.4. The van der Waals surface area contributed by atoms with Crippen LogP contribution in [0.3, 0.4) is 0 Å². The summed E-state index contributed by atoms with van der Waals surface area (Å²) in [5.41, 5.74) is 0.556. The molecular weight excluding hydrogens is 364 g/mol. The van der Waals surface area contributed by atoms with Gasteiger partial charge in [-0.2, -0.15) is 0 Å². The van der Waals surface area contributed by atoms with Gasteiger partial charge in [0.05, 0.1) is 16.7 Å². The molecule has 3 amide bonds. The molecule has 1 aromatic carbocycles. The molecule has 8 heteroatoms. The maximum atomic E-state index is 12.5. The van der Waals surface area contributed by atoms with E-state index in [1.165, 1.54) is 18.2 Å². The maximum Gasteiger partial charge on any atom is 0.338 e. The number of amides is 3. The smallest absolute Gasteiger partial charge is 0.338 e. The molecule has 1 aliphatic heterocycles. The van der Waals surface area contributed by atoms with Crippen molar-refractivity contribution in [3.05, 3.63) is 34.9 Å². The Morgan fingerprint density at radius 2 is 1.93 bits per heavy atom. The predicted molar refractivity (Wildman–Crippen MR) is 98.9 cm³/mol. The number of benzene rings is 1. The molecule has 1 N–H and O–H groups in total. The van der Waals surface area contributed by atoms with E-state index in [1.54, 1.807) is 7.11 Å². The molecule has 1 saturated carbocycles. The number of hydrogen-bond donors (Lipinski definition) is 1. The minimum Gasteiger partial charge on any atom is -0.452 e. The number of rotatable bonds is 9. The number of fused-ring (bicyclic) bond motifs is 1. The Labute approximate surface area is 163 Å². The molecule has 28 heavy (non-hydrogen) atoms. The van der Waals surface area contributed by atoms with E-state index < -0.39 is 11.9 Å². The van der Waals surface area contributed by atoms with Gasteiger partial charge < -0.3 is 14.8 Å². The normalized spacial score (nSPS) is 16.7. The average Bonchev–Trinajstić information content (AvgIpc) is 3.50. The van der Waals surface area contributed by atoms with Crippen LogP contribution in [0, 0.1) is 5.92 Å². The molecule has 3 rings (SSSR count). The number of hydrogen-bond acceptors (Lipinski definition) is 6. The molecule has 2 aliphatic rings. The molecule has 8 nitrogen and oxygen atoms in total. The first-order valence-corrected chi connectivity index (χ1v) is 9.38. The largest absolute Gasteiger partial charge is 0.452 e. The molecule has 150 valence electrons. The van der Waals surface area contributed by atoms with Crippen molar-refractivity contribution in [2.75, 3.05) is 26.9 Å². The van der Waals surface area contributed by atoms with Crippen molar-refractivity contribution in [3.8, 4) is 0 Å². The van der Waals surface area contributed by atoms with Crippen LogP contribution in [0.5, 0.6) is 0 Å². The lowest BCUT2D eigenvalue weighted by atomic mass is 10.1. The summed E-state index contributed by atoms with van der Waals surface area (Å²) in [6, 6.07) is 4.28. The molecule has 1 aliphatic carbocycles. The molecule has 0 unspecified atom stereocenters. The molecule has 0 saturated heterocycles. The Bertz CT molecular complexity index is 802. The molecule has 1 atom stereocenters. The average molecular weight is 388 g/mol. The van der Waals surface area contributed by atoms with Gasteiger partial charge in [-0.3, -0.25) is 19.3 Å². The van der Waals surface area contributed by atoms with Crippen LogP contribution in [-0.4, -0.2) is 61.5 Å². The quantitative estimate of drug-likeness (QED) is 0.390. The van der Waals surface area contributed by atoms with E-state index in [2.05, 4.69) is 5.32 Å². The predicted octanol–water partition coefficient (Wildman–Crippen LogP) is 1.39. The maximum absolute atomic E-state index is 12.5. The Hall–Kier alpha value is -2.74. The van der Waals surface area contributed by atoms with Gasteiger partial charge in [0.25, 0.3) is 17.7 Å². The molecule has 1 heterocycles. The lowest BCUT2D eigenvalue weighted by Gasteiger charge is -2.13. The van der Waals surface area contributed by atoms with Crippen molar-refractivity contribution in [2.45, 2.75) is 32.2 Å². The molecule has 1 aromatic rings. The highest BCUT2D eigenvalue weighted by Gasteiger charge is 2.35. The van der Waals surface area contributed by atoms with Gasteiger partial charge in [-0.15, -0.1) is 0 Å². The summed E-state index contributed by atoms with van der Waals surface area (Å²) in [6.45, 7) is 2.23. The highest BCUT2D eigenvalue weighted by Crippen LogP contribution is 2.32. The van der Waals surface area contributed by atoms with Crippen LogP contribution in [0.1, 0.15) is 57.3 Å². The number of carbonyl (C=O) groups is 4. The van der Waals surface area contributed by atoms with E-state index in [4.69, 9.17) is 9.47 Å². The third-order valence-electron chi connectivity index (χ3n) is 4.99. The standard InChI is InChI=1S/C20H24N2O6/c1-12(13-4-5-13)21-17(23)11-28-20(26)14-6-7-15-16(10-14)19(25)22(18(15)24)8-3-9-27-2/h6-7,10,12-13H,3-5,8-9,11H2,1-2H3,(H,21,23)/t12-/m0/s1. The van der Waals surface area contributed by atoms with Crippen molar-refractivity contribution in [3.63, 3.8) is 0 Å². The third kappa shape index (κ3) is 4.39. The summed E-state index contributed by atoms with van der Waals surface area (Å²) < 4.78 is 9.98. The number of methoxy groups -OCH3 is 1. The Balaban J connectivity index is 1.59. The minimum absolute atomic E-state index is 0.0684. The lowest BCUT2D eigenvalue weighted by molar-refractivity contribution is -0.125. The van der Waals surface area contributed by atoms with Crippen LogP contribution in [0.15, 0.2) is 18.2 Å². The first kappa shape index (κ1) is 20.0. The highest BCUT2D eigenvalue weighted by molar-refractivity contribution is 6.21. The molecule has 0 aromatic heterocycles. The van der Waals surface area contributed by atoms with Gasteiger partial charge in [0.1, 0.15) is 0 Å². The Morgan fingerprint density at radius 3 is 2.61 bits per heavy atom. The molecule has 1 fully saturated rings. The number of carbonyl (C=O) groups excluding carboxylic acids is 4. The number of imide groups is 1. The first-order valence-electron chi connectivity index (χ1n) is 9.38. The van der Waals surface area contributed by atoms with Crippen molar-refractivity contribution >= 4 is 23.7 Å². The summed E-state index contributed by atoms with van der Waals surface area (Å²) in [4.78, 5) is 50.1. The van der Waals surface area contributed by atoms with Crippen LogP contribution in [-0.2, 0) is 14.3 Å². The summed E-state index contributed by atoms with van der Waals surface area (Å²) in [6.07, 6.45) is 2.74. The molecular formula is C20H24N2O6. The molecule has 0 bridgehead atoms. The fraction of sp³-hybridized carbons (Fsp3) is 0.500. The van der Waals surface area contributed by atoms with E-state index in [1.807, 2.05) is 6.92 Å². The second-order valence-electron chi connectivity index (χ2n) is 7.14. The van der Waals surface area contributed by atoms with E-state index in [0.29, 0.717) is 18.9 Å². The van der Waals surface area contributed by atoms with Crippen molar-refractivity contribution < 1.29 is 28.7 Å². The van der Waals surface area contributed by atoms with E-state index in [-0.39, 0.29) is 47.7 Å². The molecule has 0 spiro atoms. The Kier molecular flexibility index (Phi) is 6.08. The fourth-order valence-electron chi connectivity index (χ4n) is 3.21. The number of nitrogens with one attached hydrogen (secondary N) is 1. The monoisotopic (exact) mass is 388 g/mol. The van der Waals surface area contributed by atoms with Crippen LogP contribution in [0.2, 0.25) is 0 Å². The summed E-state index contributed by atoms with van der Waals surface area (Å²) >= 11 is 0. The summed E-state index contributed by atoms with van der Waals surface area (Å²) in [5, 5.41) is 2.80. The van der Waals surface area contributed by atoms with Gasteiger partial charge in [-0.25, -0.2) is 4.79 Å². The Morgan fingerprint density at radius 1 is 1.21 bits per heavy atom. The number of esters is 1. The van der Waals surface area contributed by atoms with Crippen LogP contribution in [0.25, 0.3) is 0 Å². The van der Waals surface area contributed by atoms with E-state index in [0.717, 1.165) is 17.7 Å². The topological polar surface area (TPSA) is 102 Å². The highest BCUT2D eigenvalue weighted by atomic mass is 16.5. The second-order valence-corrected chi connectivity index (χ2v) is 7.14. The third-order valence-corrected chi connectivity index (χ3v) is 4.99. The van der Waals surface area contributed by atoms with Gasteiger partial charge in [0.2, 0.25) is 0 Å². The number of nitrogens with zero attached hydrogens (tertiary/aromatic N) is 1. The second kappa shape index (κ2) is 8.52. The lowest BCUT2D eigenvalue weighted by Crippen LogP contribution is -2.37. The van der Waals surface area contributed by atoms with Gasteiger partial charge >= 0.3 is 5.97 Å². The summed E-state index contributed by atoms with van der Waals surface area (Å²) in [7, 11) is 1.55. The van der Waals surface area contributed by atoms with Crippen molar-refractivity contribution in [1.29, 1.82) is 0 Å². The zero-order valence-corrected chi connectivity index (χ0v) is 16.0. The van der Waals surface area contributed by atoms with Crippen LogP contribution >= 0.6 is 0 Å². The van der Waals surface area contributed by atoms with Gasteiger partial charge in [0.15, 0.2) is 6.61 Å².